The maximum absolute atomic E-state index is 13.0. The van der Waals surface area contributed by atoms with Crippen molar-refractivity contribution < 1.29 is 14.1 Å². The van der Waals surface area contributed by atoms with Crippen LogP contribution in [0.25, 0.3) is 11.3 Å². The number of halogens is 1. The zero-order chi connectivity index (χ0) is 22.0. The number of ether oxygens (including phenoxy) is 1. The van der Waals surface area contributed by atoms with Crippen LogP contribution in [0.2, 0.25) is 5.02 Å². The minimum atomic E-state index is -0.300. The molecule has 1 aromatic carbocycles. The number of rotatable bonds is 6. The third-order valence-corrected chi connectivity index (χ3v) is 4.98. The fourth-order valence-corrected chi connectivity index (χ4v) is 3.35. The van der Waals surface area contributed by atoms with Crippen molar-refractivity contribution in [2.75, 3.05) is 0 Å². The molecule has 0 radical (unpaired) electrons. The highest BCUT2D eigenvalue weighted by Gasteiger charge is 2.28. The number of amides is 1. The topological polar surface area (TPSA) is 95.1 Å². The Balaban J connectivity index is 1.67. The molecule has 0 bridgehead atoms. The fraction of sp³-hybridized carbons (Fsp3) is 0.182. The Morgan fingerprint density at radius 3 is 2.58 bits per heavy atom. The first kappa shape index (κ1) is 20.6. The molecule has 0 fully saturated rings. The Bertz CT molecular complexity index is 1220. The number of carbonyl (C=O) groups is 1. The van der Waals surface area contributed by atoms with Crippen LogP contribution in [0.1, 0.15) is 27.4 Å². The SMILES string of the molecule is Cc1nn(C)c(Oc2ccc(Cl)cc2)c1-c1noc(C)c1C(=O)NCc1ccncc1. The van der Waals surface area contributed by atoms with Crippen molar-refractivity contribution in [1.29, 1.82) is 0 Å². The van der Waals surface area contributed by atoms with Gasteiger partial charge in [-0.25, -0.2) is 4.68 Å². The molecule has 0 atom stereocenters. The molecular weight excluding hydrogens is 418 g/mol. The van der Waals surface area contributed by atoms with E-state index in [-0.39, 0.29) is 5.91 Å². The van der Waals surface area contributed by atoms with Gasteiger partial charge in [0.15, 0.2) is 0 Å². The van der Waals surface area contributed by atoms with Crippen LogP contribution in [0.15, 0.2) is 53.3 Å². The summed E-state index contributed by atoms with van der Waals surface area (Å²) in [4.78, 5) is 17.0. The minimum Gasteiger partial charge on any atom is -0.439 e. The standard InChI is InChI=1S/C22H20ClN5O3/c1-13-18(22(28(3)26-13)30-17-6-4-16(23)5-7-17)20-19(14(2)31-27-20)21(29)25-12-15-8-10-24-11-9-15/h4-11H,12H2,1-3H3,(H,25,29). The zero-order valence-corrected chi connectivity index (χ0v) is 18.0. The summed E-state index contributed by atoms with van der Waals surface area (Å²) in [5.41, 5.74) is 2.89. The first-order chi connectivity index (χ1) is 14.9. The number of benzene rings is 1. The lowest BCUT2D eigenvalue weighted by Gasteiger charge is -2.09. The lowest BCUT2D eigenvalue weighted by Crippen LogP contribution is -2.23. The van der Waals surface area contributed by atoms with Crippen molar-refractivity contribution in [2.24, 2.45) is 7.05 Å². The molecule has 0 unspecified atom stereocenters. The molecule has 0 aliphatic carbocycles. The third kappa shape index (κ3) is 4.29. The first-order valence-electron chi connectivity index (χ1n) is 9.54. The predicted octanol–water partition coefficient (Wildman–Crippen LogP) is 4.46. The van der Waals surface area contributed by atoms with Crippen LogP contribution in [0.4, 0.5) is 0 Å². The number of aryl methyl sites for hydroxylation is 3. The summed E-state index contributed by atoms with van der Waals surface area (Å²) in [7, 11) is 1.76. The second kappa shape index (κ2) is 8.61. The summed E-state index contributed by atoms with van der Waals surface area (Å²) >= 11 is 5.97. The van der Waals surface area contributed by atoms with Crippen molar-refractivity contribution in [3.63, 3.8) is 0 Å². The lowest BCUT2D eigenvalue weighted by molar-refractivity contribution is 0.0950. The van der Waals surface area contributed by atoms with Crippen LogP contribution < -0.4 is 10.1 Å². The summed E-state index contributed by atoms with van der Waals surface area (Å²) < 4.78 is 13.0. The predicted molar refractivity (Wildman–Crippen MR) is 115 cm³/mol. The molecule has 9 heteroatoms. The lowest BCUT2D eigenvalue weighted by atomic mass is 10.1. The number of carbonyl (C=O) groups excluding carboxylic acids is 1. The summed E-state index contributed by atoms with van der Waals surface area (Å²) in [5.74, 6) is 1.13. The van der Waals surface area contributed by atoms with E-state index in [4.69, 9.17) is 20.9 Å². The van der Waals surface area contributed by atoms with Gasteiger partial charge < -0.3 is 14.6 Å². The van der Waals surface area contributed by atoms with Crippen LogP contribution in [-0.4, -0.2) is 25.8 Å². The highest BCUT2D eigenvalue weighted by molar-refractivity contribution is 6.30. The highest BCUT2D eigenvalue weighted by Crippen LogP contribution is 2.37. The van der Waals surface area contributed by atoms with Gasteiger partial charge in [0.25, 0.3) is 5.91 Å². The van der Waals surface area contributed by atoms with E-state index in [0.717, 1.165) is 5.56 Å². The van der Waals surface area contributed by atoms with Gasteiger partial charge >= 0.3 is 0 Å². The molecule has 3 aromatic heterocycles. The average Bonchev–Trinajstić information content (AvgIpc) is 3.27. The van der Waals surface area contributed by atoms with Crippen molar-refractivity contribution in [1.82, 2.24) is 25.2 Å². The molecule has 0 spiro atoms. The summed E-state index contributed by atoms with van der Waals surface area (Å²) in [5, 5.41) is 12.1. The molecule has 4 aromatic rings. The van der Waals surface area contributed by atoms with Gasteiger partial charge in [-0.1, -0.05) is 16.8 Å². The van der Waals surface area contributed by atoms with Gasteiger partial charge in [-0.15, -0.1) is 0 Å². The van der Waals surface area contributed by atoms with Gasteiger partial charge in [-0.3, -0.25) is 9.78 Å². The maximum atomic E-state index is 13.0. The number of hydrogen-bond donors (Lipinski definition) is 1. The average molecular weight is 438 g/mol. The second-order valence-corrected chi connectivity index (χ2v) is 7.38. The van der Waals surface area contributed by atoms with E-state index < -0.39 is 0 Å². The van der Waals surface area contributed by atoms with Gasteiger partial charge in [-0.2, -0.15) is 5.10 Å². The molecule has 3 heterocycles. The number of hydrogen-bond acceptors (Lipinski definition) is 6. The number of nitrogens with zero attached hydrogens (tertiary/aromatic N) is 4. The highest BCUT2D eigenvalue weighted by atomic mass is 35.5. The van der Waals surface area contributed by atoms with Crippen LogP contribution >= 0.6 is 11.6 Å². The number of nitrogens with one attached hydrogen (secondary N) is 1. The van der Waals surface area contributed by atoms with Crippen molar-refractivity contribution in [3.8, 4) is 22.9 Å². The fourth-order valence-electron chi connectivity index (χ4n) is 3.22. The monoisotopic (exact) mass is 437 g/mol. The minimum absolute atomic E-state index is 0.300. The normalized spacial score (nSPS) is 10.8. The molecule has 8 nitrogen and oxygen atoms in total. The molecule has 0 aliphatic rings. The molecule has 4 rings (SSSR count). The Morgan fingerprint density at radius 1 is 1.16 bits per heavy atom. The Kier molecular flexibility index (Phi) is 5.73. The van der Waals surface area contributed by atoms with E-state index in [0.29, 0.717) is 51.5 Å². The van der Waals surface area contributed by atoms with E-state index in [1.54, 1.807) is 55.3 Å². The van der Waals surface area contributed by atoms with E-state index in [1.165, 1.54) is 0 Å². The first-order valence-corrected chi connectivity index (χ1v) is 9.92. The third-order valence-electron chi connectivity index (χ3n) is 4.73. The smallest absolute Gasteiger partial charge is 0.257 e. The molecule has 158 valence electrons. The molecule has 1 amide bonds. The van der Waals surface area contributed by atoms with E-state index in [1.807, 2.05) is 19.1 Å². The Hall–Kier alpha value is -3.65. The molecule has 0 saturated heterocycles. The van der Waals surface area contributed by atoms with Crippen molar-refractivity contribution in [2.45, 2.75) is 20.4 Å². The molecule has 0 aliphatic heterocycles. The molecule has 31 heavy (non-hydrogen) atoms. The Morgan fingerprint density at radius 2 is 1.87 bits per heavy atom. The van der Waals surface area contributed by atoms with Gasteiger partial charge in [0, 0.05) is 31.0 Å². The van der Waals surface area contributed by atoms with Crippen LogP contribution in [0.5, 0.6) is 11.6 Å². The van der Waals surface area contributed by atoms with Crippen molar-refractivity contribution >= 4 is 17.5 Å². The van der Waals surface area contributed by atoms with E-state index >= 15 is 0 Å². The van der Waals surface area contributed by atoms with Gasteiger partial charge in [-0.05, 0) is 55.8 Å². The summed E-state index contributed by atoms with van der Waals surface area (Å²) in [6, 6.07) is 10.7. The molecule has 0 saturated carbocycles. The van der Waals surface area contributed by atoms with Gasteiger partial charge in [0.2, 0.25) is 5.88 Å². The van der Waals surface area contributed by atoms with Crippen LogP contribution in [0.3, 0.4) is 0 Å². The molecule has 1 N–H and O–H groups in total. The van der Waals surface area contributed by atoms with Crippen LogP contribution in [-0.2, 0) is 13.6 Å². The van der Waals surface area contributed by atoms with E-state index in [9.17, 15) is 4.79 Å². The van der Waals surface area contributed by atoms with E-state index in [2.05, 4.69) is 20.6 Å². The molecular formula is C22H20ClN5O3. The second-order valence-electron chi connectivity index (χ2n) is 6.95. The van der Waals surface area contributed by atoms with Gasteiger partial charge in [0.05, 0.1) is 11.3 Å². The Labute approximate surface area is 183 Å². The zero-order valence-electron chi connectivity index (χ0n) is 17.2. The van der Waals surface area contributed by atoms with Gasteiger partial charge in [0.1, 0.15) is 22.8 Å². The quantitative estimate of drug-likeness (QED) is 0.478. The van der Waals surface area contributed by atoms with Crippen LogP contribution in [0, 0.1) is 13.8 Å². The van der Waals surface area contributed by atoms with Crippen molar-refractivity contribution in [3.05, 3.63) is 76.4 Å². The summed E-state index contributed by atoms with van der Waals surface area (Å²) in [6.45, 7) is 3.88. The number of aromatic nitrogens is 4. The largest absolute Gasteiger partial charge is 0.439 e. The number of pyridine rings is 1. The maximum Gasteiger partial charge on any atom is 0.257 e. The summed E-state index contributed by atoms with van der Waals surface area (Å²) in [6.07, 6.45) is 3.36.